The van der Waals surface area contributed by atoms with Crippen molar-refractivity contribution in [2.45, 2.75) is 25.8 Å². The van der Waals surface area contributed by atoms with Crippen molar-refractivity contribution in [3.05, 3.63) is 35.4 Å². The highest BCUT2D eigenvalue weighted by Crippen LogP contribution is 2.38. The number of amides is 1. The van der Waals surface area contributed by atoms with Crippen LogP contribution in [0.5, 0.6) is 0 Å². The predicted octanol–water partition coefficient (Wildman–Crippen LogP) is 1.69. The molecule has 6 heteroatoms. The summed E-state index contributed by atoms with van der Waals surface area (Å²) in [5.74, 6) is -1.32. The normalized spacial score (nSPS) is 25.2. The summed E-state index contributed by atoms with van der Waals surface area (Å²) in [4.78, 5) is 28.5. The van der Waals surface area contributed by atoms with Crippen LogP contribution in [0.1, 0.15) is 30.0 Å². The number of aryl methyl sites for hydroxylation is 1. The minimum atomic E-state index is -0.822. The van der Waals surface area contributed by atoms with Gasteiger partial charge in [0, 0.05) is 32.6 Å². The van der Waals surface area contributed by atoms with Crippen LogP contribution in [0.3, 0.4) is 0 Å². The Morgan fingerprint density at radius 3 is 2.64 bits per heavy atom. The number of carbonyl (C=O) groups excluding carboxylic acids is 1. The molecule has 1 N–H and O–H groups in total. The number of hydrogen-bond donors (Lipinski definition) is 1. The van der Waals surface area contributed by atoms with E-state index < -0.39 is 11.9 Å². The highest BCUT2D eigenvalue weighted by molar-refractivity contribution is 5.82. The number of rotatable bonds is 5. The molecule has 2 fully saturated rings. The SMILES string of the molecule is Cc1ccccc1[C@H]1[C@H](C(=O)O)CCC(=O)N1CCN1CCOCC1. The predicted molar refractivity (Wildman–Crippen MR) is 93.3 cm³/mol. The molecule has 2 atom stereocenters. The van der Waals surface area contributed by atoms with E-state index in [9.17, 15) is 14.7 Å². The summed E-state index contributed by atoms with van der Waals surface area (Å²) in [6, 6.07) is 7.41. The van der Waals surface area contributed by atoms with Gasteiger partial charge in [0.2, 0.25) is 5.91 Å². The molecule has 1 amide bonds. The molecule has 0 spiro atoms. The second-order valence-electron chi connectivity index (χ2n) is 6.83. The van der Waals surface area contributed by atoms with Crippen molar-refractivity contribution < 1.29 is 19.4 Å². The first kappa shape index (κ1) is 17.9. The lowest BCUT2D eigenvalue weighted by Crippen LogP contribution is -2.49. The molecule has 0 saturated carbocycles. The second-order valence-corrected chi connectivity index (χ2v) is 6.83. The molecule has 2 aliphatic rings. The number of piperidine rings is 1. The van der Waals surface area contributed by atoms with Gasteiger partial charge in [-0.1, -0.05) is 24.3 Å². The standard InChI is InChI=1S/C19H26N2O4/c1-14-4-2-3-5-15(14)18-16(19(23)24)6-7-17(22)21(18)9-8-20-10-12-25-13-11-20/h2-5,16,18H,6-13H2,1H3,(H,23,24)/t16-,18+/m1/s1. The number of hydrogen-bond acceptors (Lipinski definition) is 4. The zero-order chi connectivity index (χ0) is 17.8. The summed E-state index contributed by atoms with van der Waals surface area (Å²) >= 11 is 0. The molecule has 3 rings (SSSR count). The van der Waals surface area contributed by atoms with E-state index in [-0.39, 0.29) is 11.9 Å². The average molecular weight is 346 g/mol. The van der Waals surface area contributed by atoms with Crippen LogP contribution in [0.4, 0.5) is 0 Å². The lowest BCUT2D eigenvalue weighted by Gasteiger charge is -2.41. The Hall–Kier alpha value is -1.92. The third kappa shape index (κ3) is 4.02. The number of ether oxygens (including phenoxy) is 1. The number of benzene rings is 1. The highest BCUT2D eigenvalue weighted by Gasteiger charge is 2.41. The maximum atomic E-state index is 12.6. The van der Waals surface area contributed by atoms with E-state index in [1.54, 1.807) is 4.90 Å². The van der Waals surface area contributed by atoms with Crippen LogP contribution in [-0.2, 0) is 14.3 Å². The fourth-order valence-electron chi connectivity index (χ4n) is 3.85. The van der Waals surface area contributed by atoms with Gasteiger partial charge in [-0.2, -0.15) is 0 Å². The number of carboxylic acid groups (broad SMARTS) is 1. The number of aliphatic carboxylic acids is 1. The van der Waals surface area contributed by atoms with Crippen LogP contribution in [0.15, 0.2) is 24.3 Å². The van der Waals surface area contributed by atoms with E-state index in [1.807, 2.05) is 31.2 Å². The molecule has 0 radical (unpaired) electrons. The first-order valence-electron chi connectivity index (χ1n) is 8.96. The van der Waals surface area contributed by atoms with E-state index in [0.29, 0.717) is 32.6 Å². The van der Waals surface area contributed by atoms with Crippen LogP contribution in [0.2, 0.25) is 0 Å². The van der Waals surface area contributed by atoms with Crippen LogP contribution < -0.4 is 0 Å². The van der Waals surface area contributed by atoms with Crippen LogP contribution in [0.25, 0.3) is 0 Å². The largest absolute Gasteiger partial charge is 0.481 e. The fourth-order valence-corrected chi connectivity index (χ4v) is 3.85. The van der Waals surface area contributed by atoms with Crippen molar-refractivity contribution in [3.8, 4) is 0 Å². The van der Waals surface area contributed by atoms with Gasteiger partial charge in [-0.15, -0.1) is 0 Å². The molecule has 0 aromatic heterocycles. The van der Waals surface area contributed by atoms with Crippen molar-refractivity contribution in [1.29, 1.82) is 0 Å². The molecule has 1 aromatic carbocycles. The lowest BCUT2D eigenvalue weighted by molar-refractivity contribution is -0.152. The van der Waals surface area contributed by atoms with Crippen LogP contribution >= 0.6 is 0 Å². The maximum Gasteiger partial charge on any atom is 0.308 e. The molecular formula is C19H26N2O4. The average Bonchev–Trinajstić information content (AvgIpc) is 2.61. The molecule has 0 unspecified atom stereocenters. The third-order valence-electron chi connectivity index (χ3n) is 5.29. The number of morpholine rings is 1. The Morgan fingerprint density at radius 2 is 1.96 bits per heavy atom. The van der Waals surface area contributed by atoms with E-state index in [2.05, 4.69) is 4.90 Å². The minimum absolute atomic E-state index is 0.0546. The zero-order valence-electron chi connectivity index (χ0n) is 14.7. The molecule has 0 bridgehead atoms. The van der Waals surface area contributed by atoms with Gasteiger partial charge in [0.15, 0.2) is 0 Å². The smallest absolute Gasteiger partial charge is 0.308 e. The van der Waals surface area contributed by atoms with E-state index in [0.717, 1.165) is 30.8 Å². The molecule has 1 aromatic rings. The minimum Gasteiger partial charge on any atom is -0.481 e. The van der Waals surface area contributed by atoms with E-state index >= 15 is 0 Å². The van der Waals surface area contributed by atoms with Gasteiger partial charge in [-0.05, 0) is 24.5 Å². The molecule has 6 nitrogen and oxygen atoms in total. The molecule has 2 saturated heterocycles. The van der Waals surface area contributed by atoms with Crippen molar-refractivity contribution in [1.82, 2.24) is 9.80 Å². The first-order chi connectivity index (χ1) is 12.1. The number of nitrogens with zero attached hydrogens (tertiary/aromatic N) is 2. The Balaban J connectivity index is 1.83. The van der Waals surface area contributed by atoms with Crippen molar-refractivity contribution in [2.75, 3.05) is 39.4 Å². The van der Waals surface area contributed by atoms with E-state index in [4.69, 9.17) is 4.74 Å². The van der Waals surface area contributed by atoms with Gasteiger partial charge < -0.3 is 14.7 Å². The molecular weight excluding hydrogens is 320 g/mol. The summed E-state index contributed by atoms with van der Waals surface area (Å²) in [6.45, 7) is 6.44. The summed E-state index contributed by atoms with van der Waals surface area (Å²) in [7, 11) is 0. The van der Waals surface area contributed by atoms with Crippen LogP contribution in [-0.4, -0.2) is 66.2 Å². The van der Waals surface area contributed by atoms with Gasteiger partial charge in [0.1, 0.15) is 0 Å². The van der Waals surface area contributed by atoms with Gasteiger partial charge in [-0.25, -0.2) is 0 Å². The second kappa shape index (κ2) is 7.97. The van der Waals surface area contributed by atoms with Gasteiger partial charge >= 0.3 is 5.97 Å². The van der Waals surface area contributed by atoms with E-state index in [1.165, 1.54) is 0 Å². The van der Waals surface area contributed by atoms with Crippen LogP contribution in [0, 0.1) is 12.8 Å². The quantitative estimate of drug-likeness (QED) is 0.879. The number of likely N-dealkylation sites (tertiary alicyclic amines) is 1. The molecule has 2 heterocycles. The summed E-state index contributed by atoms with van der Waals surface area (Å²) in [6.07, 6.45) is 0.712. The first-order valence-corrected chi connectivity index (χ1v) is 8.96. The lowest BCUT2D eigenvalue weighted by atomic mass is 9.82. The number of carboxylic acids is 1. The topological polar surface area (TPSA) is 70.1 Å². The Kier molecular flexibility index (Phi) is 5.71. The Bertz CT molecular complexity index is 628. The summed E-state index contributed by atoms with van der Waals surface area (Å²) in [5.41, 5.74) is 1.98. The molecule has 2 aliphatic heterocycles. The molecule has 25 heavy (non-hydrogen) atoms. The van der Waals surface area contributed by atoms with Gasteiger partial charge in [0.25, 0.3) is 0 Å². The fraction of sp³-hybridized carbons (Fsp3) is 0.579. The number of carbonyl (C=O) groups is 2. The monoisotopic (exact) mass is 346 g/mol. The third-order valence-corrected chi connectivity index (χ3v) is 5.29. The zero-order valence-corrected chi connectivity index (χ0v) is 14.7. The Labute approximate surface area is 148 Å². The van der Waals surface area contributed by atoms with Crippen molar-refractivity contribution in [2.24, 2.45) is 5.92 Å². The maximum absolute atomic E-state index is 12.6. The molecule has 136 valence electrons. The highest BCUT2D eigenvalue weighted by atomic mass is 16.5. The molecule has 0 aliphatic carbocycles. The van der Waals surface area contributed by atoms with Gasteiger partial charge in [-0.3, -0.25) is 14.5 Å². The van der Waals surface area contributed by atoms with Gasteiger partial charge in [0.05, 0.1) is 25.2 Å². The van der Waals surface area contributed by atoms with Crippen molar-refractivity contribution in [3.63, 3.8) is 0 Å². The summed E-state index contributed by atoms with van der Waals surface area (Å²) in [5, 5.41) is 9.72. The summed E-state index contributed by atoms with van der Waals surface area (Å²) < 4.78 is 5.37. The Morgan fingerprint density at radius 1 is 1.24 bits per heavy atom. The van der Waals surface area contributed by atoms with Crippen molar-refractivity contribution >= 4 is 11.9 Å².